The summed E-state index contributed by atoms with van der Waals surface area (Å²) >= 11 is 0. The Morgan fingerprint density at radius 3 is 2.75 bits per heavy atom. The van der Waals surface area contributed by atoms with E-state index < -0.39 is 0 Å². The Morgan fingerprint density at radius 2 is 2.00 bits per heavy atom. The summed E-state index contributed by atoms with van der Waals surface area (Å²) in [7, 11) is 0. The highest BCUT2D eigenvalue weighted by atomic mass is 15.1. The maximum Gasteiger partial charge on any atom is 0.106 e. The highest BCUT2D eigenvalue weighted by molar-refractivity contribution is 5.19. The summed E-state index contributed by atoms with van der Waals surface area (Å²) in [4.78, 5) is 4.71. The van der Waals surface area contributed by atoms with Crippen molar-refractivity contribution in [3.8, 4) is 0 Å². The molecule has 0 bridgehead atoms. The predicted octanol–water partition coefficient (Wildman–Crippen LogP) is 3.51. The molecule has 1 aromatic heterocycles. The smallest absolute Gasteiger partial charge is 0.106 e. The fourth-order valence-corrected chi connectivity index (χ4v) is 2.69. The molecular formula is C14H24N2. The summed E-state index contributed by atoms with van der Waals surface area (Å²) in [6.07, 6.45) is 7.75. The van der Waals surface area contributed by atoms with Crippen LogP contribution in [0.3, 0.4) is 0 Å². The SMILES string of the molecule is Cc1nc2c(n1CCCC(C)C)CCCC2. The lowest BCUT2D eigenvalue weighted by molar-refractivity contribution is 0.495. The van der Waals surface area contributed by atoms with Crippen LogP contribution in [0.4, 0.5) is 0 Å². The topological polar surface area (TPSA) is 17.8 Å². The van der Waals surface area contributed by atoms with Crippen molar-refractivity contribution in [3.05, 3.63) is 17.2 Å². The molecule has 90 valence electrons. The molecule has 1 aromatic rings. The zero-order valence-electron chi connectivity index (χ0n) is 10.9. The average molecular weight is 220 g/mol. The van der Waals surface area contributed by atoms with E-state index in [0.29, 0.717) is 0 Å². The van der Waals surface area contributed by atoms with Gasteiger partial charge in [-0.25, -0.2) is 4.98 Å². The van der Waals surface area contributed by atoms with E-state index in [9.17, 15) is 0 Å². The van der Waals surface area contributed by atoms with E-state index in [-0.39, 0.29) is 0 Å². The number of aromatic nitrogens is 2. The first-order valence-corrected chi connectivity index (χ1v) is 6.73. The molecule has 0 unspecified atom stereocenters. The third-order valence-electron chi connectivity index (χ3n) is 3.59. The Hall–Kier alpha value is -0.790. The van der Waals surface area contributed by atoms with E-state index in [1.807, 2.05) is 0 Å². The van der Waals surface area contributed by atoms with Gasteiger partial charge in [0, 0.05) is 12.2 Å². The Kier molecular flexibility index (Phi) is 3.67. The number of aryl methyl sites for hydroxylation is 2. The van der Waals surface area contributed by atoms with Gasteiger partial charge < -0.3 is 4.57 Å². The molecule has 0 spiro atoms. The average Bonchev–Trinajstić information content (AvgIpc) is 2.55. The van der Waals surface area contributed by atoms with Crippen LogP contribution in [0.15, 0.2) is 0 Å². The van der Waals surface area contributed by atoms with Crippen LogP contribution in [0.2, 0.25) is 0 Å². The highest BCUT2D eigenvalue weighted by Gasteiger charge is 2.17. The fourth-order valence-electron chi connectivity index (χ4n) is 2.69. The third-order valence-corrected chi connectivity index (χ3v) is 3.59. The number of hydrogen-bond acceptors (Lipinski definition) is 1. The van der Waals surface area contributed by atoms with E-state index in [4.69, 9.17) is 4.98 Å². The minimum absolute atomic E-state index is 0.819. The van der Waals surface area contributed by atoms with Gasteiger partial charge in [-0.3, -0.25) is 0 Å². The second-order valence-corrected chi connectivity index (χ2v) is 5.45. The molecule has 0 saturated carbocycles. The van der Waals surface area contributed by atoms with Crippen molar-refractivity contribution in [1.82, 2.24) is 9.55 Å². The lowest BCUT2D eigenvalue weighted by atomic mass is 10.0. The monoisotopic (exact) mass is 220 g/mol. The standard InChI is InChI=1S/C14H24N2/c1-11(2)7-6-10-16-12(3)15-13-8-4-5-9-14(13)16/h11H,4-10H2,1-3H3. The van der Waals surface area contributed by atoms with Gasteiger partial charge >= 0.3 is 0 Å². The van der Waals surface area contributed by atoms with Gasteiger partial charge in [0.15, 0.2) is 0 Å². The van der Waals surface area contributed by atoms with Crippen molar-refractivity contribution in [2.24, 2.45) is 5.92 Å². The molecular weight excluding hydrogens is 196 g/mol. The van der Waals surface area contributed by atoms with Gasteiger partial charge in [0.1, 0.15) is 5.82 Å². The summed E-state index contributed by atoms with van der Waals surface area (Å²) in [6.45, 7) is 7.94. The molecule has 1 heterocycles. The van der Waals surface area contributed by atoms with Gasteiger partial charge in [-0.1, -0.05) is 13.8 Å². The van der Waals surface area contributed by atoms with Gasteiger partial charge in [0.2, 0.25) is 0 Å². The fraction of sp³-hybridized carbons (Fsp3) is 0.786. The van der Waals surface area contributed by atoms with E-state index in [1.165, 1.54) is 62.3 Å². The molecule has 0 amide bonds. The highest BCUT2D eigenvalue weighted by Crippen LogP contribution is 2.22. The molecule has 1 aliphatic carbocycles. The molecule has 0 aromatic carbocycles. The molecule has 0 aliphatic heterocycles. The van der Waals surface area contributed by atoms with Gasteiger partial charge in [-0.05, 0) is 51.4 Å². The summed E-state index contributed by atoms with van der Waals surface area (Å²) in [6, 6.07) is 0. The van der Waals surface area contributed by atoms with Crippen LogP contribution in [-0.2, 0) is 19.4 Å². The van der Waals surface area contributed by atoms with E-state index >= 15 is 0 Å². The molecule has 0 N–H and O–H groups in total. The zero-order chi connectivity index (χ0) is 11.5. The van der Waals surface area contributed by atoms with Crippen LogP contribution in [0.5, 0.6) is 0 Å². The number of imidazole rings is 1. The minimum atomic E-state index is 0.819. The maximum atomic E-state index is 4.71. The van der Waals surface area contributed by atoms with Crippen molar-refractivity contribution in [1.29, 1.82) is 0 Å². The van der Waals surface area contributed by atoms with Gasteiger partial charge in [0.25, 0.3) is 0 Å². The van der Waals surface area contributed by atoms with Gasteiger partial charge in [0.05, 0.1) is 5.69 Å². The summed E-state index contributed by atoms with van der Waals surface area (Å²) in [5.74, 6) is 2.05. The number of fused-ring (bicyclic) bond motifs is 1. The molecule has 2 rings (SSSR count). The third kappa shape index (κ3) is 2.47. The second kappa shape index (κ2) is 5.03. The molecule has 0 saturated heterocycles. The number of hydrogen-bond donors (Lipinski definition) is 0. The zero-order valence-corrected chi connectivity index (χ0v) is 10.9. The van der Waals surface area contributed by atoms with Crippen LogP contribution in [0.1, 0.15) is 56.7 Å². The van der Waals surface area contributed by atoms with Crippen LogP contribution in [0, 0.1) is 12.8 Å². The largest absolute Gasteiger partial charge is 0.332 e. The minimum Gasteiger partial charge on any atom is -0.332 e. The van der Waals surface area contributed by atoms with Crippen molar-refractivity contribution in [3.63, 3.8) is 0 Å². The lowest BCUT2D eigenvalue weighted by Crippen LogP contribution is -2.10. The first-order valence-electron chi connectivity index (χ1n) is 6.73. The Labute approximate surface area is 99.1 Å². The molecule has 2 heteroatoms. The van der Waals surface area contributed by atoms with E-state index in [1.54, 1.807) is 0 Å². The van der Waals surface area contributed by atoms with Crippen LogP contribution >= 0.6 is 0 Å². The van der Waals surface area contributed by atoms with Crippen LogP contribution in [0.25, 0.3) is 0 Å². The van der Waals surface area contributed by atoms with Gasteiger partial charge in [-0.2, -0.15) is 0 Å². The van der Waals surface area contributed by atoms with E-state index in [0.717, 1.165) is 5.92 Å². The Morgan fingerprint density at radius 1 is 1.25 bits per heavy atom. The molecule has 0 radical (unpaired) electrons. The maximum absolute atomic E-state index is 4.71. The number of rotatable bonds is 4. The summed E-state index contributed by atoms with van der Waals surface area (Å²) in [5.41, 5.74) is 2.92. The molecule has 0 atom stereocenters. The molecule has 1 aliphatic rings. The normalized spacial score (nSPS) is 15.5. The quantitative estimate of drug-likeness (QED) is 0.759. The first kappa shape index (κ1) is 11.7. The van der Waals surface area contributed by atoms with Crippen LogP contribution < -0.4 is 0 Å². The Bertz CT molecular complexity index is 350. The number of nitrogens with zero attached hydrogens (tertiary/aromatic N) is 2. The predicted molar refractivity (Wildman–Crippen MR) is 67.7 cm³/mol. The van der Waals surface area contributed by atoms with Crippen molar-refractivity contribution >= 4 is 0 Å². The summed E-state index contributed by atoms with van der Waals surface area (Å²) in [5, 5.41) is 0. The first-order chi connectivity index (χ1) is 7.68. The molecule has 2 nitrogen and oxygen atoms in total. The van der Waals surface area contributed by atoms with E-state index in [2.05, 4.69) is 25.3 Å². The molecule has 0 fully saturated rings. The second-order valence-electron chi connectivity index (χ2n) is 5.45. The van der Waals surface area contributed by atoms with Crippen LogP contribution in [-0.4, -0.2) is 9.55 Å². The van der Waals surface area contributed by atoms with Crippen molar-refractivity contribution in [2.45, 2.75) is 65.8 Å². The van der Waals surface area contributed by atoms with Gasteiger partial charge in [-0.15, -0.1) is 0 Å². The molecule has 16 heavy (non-hydrogen) atoms. The summed E-state index contributed by atoms with van der Waals surface area (Å²) < 4.78 is 2.47. The lowest BCUT2D eigenvalue weighted by Gasteiger charge is -2.15. The van der Waals surface area contributed by atoms with Crippen molar-refractivity contribution in [2.75, 3.05) is 0 Å². The van der Waals surface area contributed by atoms with Crippen molar-refractivity contribution < 1.29 is 0 Å². The Balaban J connectivity index is 2.05.